The van der Waals surface area contributed by atoms with Crippen molar-refractivity contribution in [2.45, 2.75) is 22.7 Å². The minimum absolute atomic E-state index is 0.00894. The van der Waals surface area contributed by atoms with Crippen molar-refractivity contribution in [3.8, 4) is 0 Å². The highest BCUT2D eigenvalue weighted by Gasteiger charge is 2.21. The van der Waals surface area contributed by atoms with Crippen molar-refractivity contribution < 1.29 is 19.2 Å². The molecule has 0 unspecified atom stereocenters. The summed E-state index contributed by atoms with van der Waals surface area (Å²) in [5.41, 5.74) is 1.61. The molecule has 0 aliphatic carbocycles. The van der Waals surface area contributed by atoms with E-state index in [1.165, 1.54) is 39.7 Å². The fraction of sp³-hybridized carbons (Fsp3) is 0.211. The summed E-state index contributed by atoms with van der Waals surface area (Å²) >= 11 is 4.08. The summed E-state index contributed by atoms with van der Waals surface area (Å²) in [4.78, 5) is 41.5. The Bertz CT molecular complexity index is 1070. The highest BCUT2D eigenvalue weighted by atomic mass is 32.2. The van der Waals surface area contributed by atoms with E-state index >= 15 is 0 Å². The first-order valence-electron chi connectivity index (χ1n) is 8.64. The Morgan fingerprint density at radius 2 is 2.10 bits per heavy atom. The molecule has 11 heteroatoms. The number of hydrogen-bond acceptors (Lipinski definition) is 9. The second kappa shape index (κ2) is 9.83. The Morgan fingerprint density at radius 1 is 1.30 bits per heavy atom. The van der Waals surface area contributed by atoms with Crippen LogP contribution in [-0.4, -0.2) is 40.3 Å². The first kappa shape index (κ1) is 21.9. The maximum atomic E-state index is 12.3. The average molecular weight is 464 g/mol. The Hall–Kier alpha value is -2.76. The monoisotopic (exact) mass is 463 g/mol. The number of carbonyl (C=O) groups excluding carboxylic acids is 2. The van der Waals surface area contributed by atoms with E-state index in [0.29, 0.717) is 15.8 Å². The summed E-state index contributed by atoms with van der Waals surface area (Å²) in [6.07, 6.45) is 0. The van der Waals surface area contributed by atoms with Crippen molar-refractivity contribution in [1.29, 1.82) is 0 Å². The van der Waals surface area contributed by atoms with Crippen LogP contribution in [0.1, 0.15) is 21.6 Å². The van der Waals surface area contributed by atoms with Gasteiger partial charge in [-0.2, -0.15) is 11.3 Å². The third-order valence-electron chi connectivity index (χ3n) is 3.94. The maximum absolute atomic E-state index is 12.3. The smallest absolute Gasteiger partial charge is 0.338 e. The zero-order valence-electron chi connectivity index (χ0n) is 16.1. The van der Waals surface area contributed by atoms with Crippen molar-refractivity contribution in [1.82, 2.24) is 9.88 Å². The van der Waals surface area contributed by atoms with Crippen LogP contribution in [0.5, 0.6) is 0 Å². The van der Waals surface area contributed by atoms with Crippen LogP contribution in [-0.2, 0) is 16.1 Å². The van der Waals surface area contributed by atoms with Crippen LogP contribution in [0.3, 0.4) is 0 Å². The lowest BCUT2D eigenvalue weighted by Gasteiger charge is -2.16. The minimum Gasteiger partial charge on any atom is -0.452 e. The molecule has 0 aliphatic rings. The van der Waals surface area contributed by atoms with Gasteiger partial charge in [-0.15, -0.1) is 11.3 Å². The van der Waals surface area contributed by atoms with Gasteiger partial charge in [0.05, 0.1) is 15.4 Å². The fourth-order valence-corrected chi connectivity index (χ4v) is 4.95. The molecule has 2 heterocycles. The number of aryl methyl sites for hydroxylation is 1. The van der Waals surface area contributed by atoms with Crippen LogP contribution >= 0.6 is 34.4 Å². The van der Waals surface area contributed by atoms with Crippen molar-refractivity contribution in [3.63, 3.8) is 0 Å². The molecule has 3 rings (SSSR count). The molecule has 0 bridgehead atoms. The number of hydrogen-bond donors (Lipinski definition) is 0. The van der Waals surface area contributed by atoms with E-state index in [0.717, 1.165) is 29.1 Å². The number of rotatable bonds is 8. The highest BCUT2D eigenvalue weighted by molar-refractivity contribution is 8.01. The maximum Gasteiger partial charge on any atom is 0.338 e. The summed E-state index contributed by atoms with van der Waals surface area (Å²) in [7, 11) is 1.62. The number of thiophene rings is 1. The molecule has 30 heavy (non-hydrogen) atoms. The molecule has 0 spiro atoms. The number of amides is 1. The number of esters is 1. The Kier molecular flexibility index (Phi) is 7.19. The highest BCUT2D eigenvalue weighted by Crippen LogP contribution is 2.36. The van der Waals surface area contributed by atoms with Gasteiger partial charge in [0, 0.05) is 30.7 Å². The topological polar surface area (TPSA) is 103 Å². The molecule has 0 aliphatic heterocycles. The van der Waals surface area contributed by atoms with E-state index in [2.05, 4.69) is 4.98 Å². The fourth-order valence-electron chi connectivity index (χ4n) is 2.41. The van der Waals surface area contributed by atoms with Crippen molar-refractivity contribution >= 4 is 52.0 Å². The quantitative estimate of drug-likeness (QED) is 0.277. The number of nitro groups is 1. The molecular formula is C19H17N3O5S3. The molecule has 0 N–H and O–H groups in total. The number of nitro benzene ring substituents is 1. The molecule has 0 saturated heterocycles. The van der Waals surface area contributed by atoms with E-state index < -0.39 is 17.5 Å². The van der Waals surface area contributed by atoms with Crippen LogP contribution in [0.15, 0.2) is 49.6 Å². The summed E-state index contributed by atoms with van der Waals surface area (Å²) < 4.78 is 5.73. The largest absolute Gasteiger partial charge is 0.452 e. The van der Waals surface area contributed by atoms with Gasteiger partial charge in [-0.05, 0) is 41.4 Å². The van der Waals surface area contributed by atoms with Gasteiger partial charge in [0.2, 0.25) is 0 Å². The van der Waals surface area contributed by atoms with Crippen LogP contribution in [0, 0.1) is 17.0 Å². The second-order valence-corrected chi connectivity index (χ2v) is 9.18. The predicted octanol–water partition coefficient (Wildman–Crippen LogP) is 4.39. The molecular weight excluding hydrogens is 446 g/mol. The van der Waals surface area contributed by atoms with Crippen LogP contribution in [0.2, 0.25) is 0 Å². The SMILES string of the molecule is Cc1csc(Sc2ccc(C(=O)OCC(=O)N(C)Cc3ccsc3)cc2[N+](=O)[O-])n1. The number of carbonyl (C=O) groups is 2. The number of nitrogens with zero attached hydrogens (tertiary/aromatic N) is 3. The molecule has 0 saturated carbocycles. The third-order valence-corrected chi connectivity index (χ3v) is 6.79. The van der Waals surface area contributed by atoms with Gasteiger partial charge in [-0.1, -0.05) is 11.8 Å². The summed E-state index contributed by atoms with van der Waals surface area (Å²) in [5, 5.41) is 17.2. The summed E-state index contributed by atoms with van der Waals surface area (Å²) in [6, 6.07) is 6.00. The van der Waals surface area contributed by atoms with Crippen LogP contribution in [0.4, 0.5) is 5.69 Å². The lowest BCUT2D eigenvalue weighted by molar-refractivity contribution is -0.387. The van der Waals surface area contributed by atoms with Gasteiger partial charge < -0.3 is 9.64 Å². The lowest BCUT2D eigenvalue weighted by atomic mass is 10.2. The van der Waals surface area contributed by atoms with Crippen molar-refractivity contribution in [2.24, 2.45) is 0 Å². The Morgan fingerprint density at radius 3 is 2.73 bits per heavy atom. The summed E-state index contributed by atoms with van der Waals surface area (Å²) in [6.45, 7) is 1.81. The molecule has 1 amide bonds. The predicted molar refractivity (Wildman–Crippen MR) is 115 cm³/mol. The first-order valence-corrected chi connectivity index (χ1v) is 11.3. The second-order valence-electron chi connectivity index (χ2n) is 6.25. The molecule has 3 aromatic rings. The van der Waals surface area contributed by atoms with Gasteiger partial charge in [0.1, 0.15) is 0 Å². The molecule has 0 atom stereocenters. The summed E-state index contributed by atoms with van der Waals surface area (Å²) in [5.74, 6) is -1.16. The van der Waals surface area contributed by atoms with E-state index in [9.17, 15) is 19.7 Å². The normalized spacial score (nSPS) is 10.6. The van der Waals surface area contributed by atoms with Gasteiger partial charge in [0.25, 0.3) is 11.6 Å². The Balaban J connectivity index is 1.64. The van der Waals surface area contributed by atoms with E-state index in [4.69, 9.17) is 4.74 Å². The molecule has 0 radical (unpaired) electrons. The molecule has 0 fully saturated rings. The van der Waals surface area contributed by atoms with Crippen molar-refractivity contribution in [3.05, 3.63) is 67.3 Å². The molecule has 156 valence electrons. The van der Waals surface area contributed by atoms with Gasteiger partial charge >= 0.3 is 5.97 Å². The standard InChI is InChI=1S/C19H17N3O5S3/c1-12-10-29-19(20-12)30-16-4-3-14(7-15(16)22(25)26)18(24)27-9-17(23)21(2)8-13-5-6-28-11-13/h3-7,10-11H,8-9H2,1-2H3. The number of ether oxygens (including phenoxy) is 1. The third kappa shape index (κ3) is 5.65. The number of benzene rings is 1. The van der Waals surface area contributed by atoms with E-state index in [1.807, 2.05) is 29.1 Å². The molecule has 8 nitrogen and oxygen atoms in total. The van der Waals surface area contributed by atoms with Crippen molar-refractivity contribution in [2.75, 3.05) is 13.7 Å². The zero-order chi connectivity index (χ0) is 21.7. The van der Waals surface area contributed by atoms with Gasteiger partial charge in [0.15, 0.2) is 10.9 Å². The van der Waals surface area contributed by atoms with E-state index in [1.54, 1.807) is 7.05 Å². The van der Waals surface area contributed by atoms with E-state index in [-0.39, 0.29) is 17.2 Å². The van der Waals surface area contributed by atoms with Crippen LogP contribution < -0.4 is 0 Å². The van der Waals surface area contributed by atoms with Crippen LogP contribution in [0.25, 0.3) is 0 Å². The first-order chi connectivity index (χ1) is 14.3. The number of likely N-dealkylation sites (N-methyl/N-ethyl adjacent to an activating group) is 1. The number of aromatic nitrogens is 1. The Labute approximate surface area is 184 Å². The molecule has 1 aromatic carbocycles. The molecule has 2 aromatic heterocycles. The van der Waals surface area contributed by atoms with Gasteiger partial charge in [-0.3, -0.25) is 14.9 Å². The average Bonchev–Trinajstić information content (AvgIpc) is 3.37. The zero-order valence-corrected chi connectivity index (χ0v) is 18.5. The van der Waals surface area contributed by atoms with Gasteiger partial charge in [-0.25, -0.2) is 9.78 Å². The lowest BCUT2D eigenvalue weighted by Crippen LogP contribution is -2.30. The number of thiazole rings is 1. The minimum atomic E-state index is -0.794.